The van der Waals surface area contributed by atoms with Crippen LogP contribution < -0.4 is 12.4 Å². The van der Waals surface area contributed by atoms with Crippen molar-refractivity contribution in [3.05, 3.63) is 34.9 Å². The molecule has 0 radical (unpaired) electrons. The number of hydrogen-bond donors (Lipinski definition) is 0. The molecule has 0 atom stereocenters. The lowest BCUT2D eigenvalue weighted by Crippen LogP contribution is -3.00. The molecule has 1 aromatic rings. The molecule has 1 saturated carbocycles. The van der Waals surface area contributed by atoms with Gasteiger partial charge in [-0.05, 0) is 37.0 Å². The summed E-state index contributed by atoms with van der Waals surface area (Å²) in [6.07, 6.45) is 8.09. The SMILES string of the molecule is Clc1ccc(CSC2=NCCCN2C2CCCCC2)cc1.[Cl-]. The zero-order valence-electron chi connectivity index (χ0n) is 12.8. The third-order valence-electron chi connectivity index (χ3n) is 4.35. The second-order valence-corrected chi connectivity index (χ2v) is 7.30. The average molecular weight is 358 g/mol. The Bertz CT molecular complexity index is 484. The summed E-state index contributed by atoms with van der Waals surface area (Å²) in [6.45, 7) is 2.18. The molecular formula is C17H23Cl2N2S-. The van der Waals surface area contributed by atoms with E-state index in [4.69, 9.17) is 16.6 Å². The normalized spacial score (nSPS) is 19.5. The summed E-state index contributed by atoms with van der Waals surface area (Å²) in [7, 11) is 0. The van der Waals surface area contributed by atoms with E-state index in [-0.39, 0.29) is 12.4 Å². The Kier molecular flexibility index (Phi) is 7.39. The fourth-order valence-electron chi connectivity index (χ4n) is 3.19. The van der Waals surface area contributed by atoms with Crippen molar-refractivity contribution in [2.24, 2.45) is 4.99 Å². The van der Waals surface area contributed by atoms with Crippen LogP contribution in [0.2, 0.25) is 5.02 Å². The largest absolute Gasteiger partial charge is 1.00 e. The van der Waals surface area contributed by atoms with Crippen molar-refractivity contribution in [2.45, 2.75) is 50.3 Å². The van der Waals surface area contributed by atoms with E-state index in [9.17, 15) is 0 Å². The molecular weight excluding hydrogens is 335 g/mol. The number of hydrogen-bond acceptors (Lipinski definition) is 3. The Morgan fingerprint density at radius 2 is 1.82 bits per heavy atom. The fourth-order valence-corrected chi connectivity index (χ4v) is 4.39. The molecule has 0 bridgehead atoms. The van der Waals surface area contributed by atoms with Crippen molar-refractivity contribution in [3.63, 3.8) is 0 Å². The van der Waals surface area contributed by atoms with Crippen LogP contribution in [0.5, 0.6) is 0 Å². The minimum absolute atomic E-state index is 0. The molecule has 0 aromatic heterocycles. The second kappa shape index (κ2) is 9.05. The van der Waals surface area contributed by atoms with E-state index in [1.54, 1.807) is 0 Å². The Labute approximate surface area is 149 Å². The van der Waals surface area contributed by atoms with Crippen molar-refractivity contribution in [1.29, 1.82) is 0 Å². The molecule has 1 aromatic carbocycles. The van der Waals surface area contributed by atoms with E-state index >= 15 is 0 Å². The van der Waals surface area contributed by atoms with Gasteiger partial charge in [0.25, 0.3) is 0 Å². The number of rotatable bonds is 3. The highest BCUT2D eigenvalue weighted by Gasteiger charge is 2.25. The quantitative estimate of drug-likeness (QED) is 0.821. The lowest BCUT2D eigenvalue weighted by molar-refractivity contribution is -0.00000433. The first kappa shape index (κ1) is 18.0. The van der Waals surface area contributed by atoms with Gasteiger partial charge in [0.1, 0.15) is 0 Å². The van der Waals surface area contributed by atoms with E-state index in [2.05, 4.69) is 17.0 Å². The van der Waals surface area contributed by atoms with Crippen LogP contribution in [0.1, 0.15) is 44.1 Å². The number of amidine groups is 1. The zero-order valence-corrected chi connectivity index (χ0v) is 15.1. The van der Waals surface area contributed by atoms with Crippen LogP contribution in [0.4, 0.5) is 0 Å². The third-order valence-corrected chi connectivity index (χ3v) is 5.70. The first-order valence-electron chi connectivity index (χ1n) is 8.01. The van der Waals surface area contributed by atoms with Gasteiger partial charge in [0.05, 0.1) is 0 Å². The van der Waals surface area contributed by atoms with E-state index < -0.39 is 0 Å². The first-order chi connectivity index (χ1) is 10.3. The number of halogens is 2. The van der Waals surface area contributed by atoms with Crippen molar-refractivity contribution in [2.75, 3.05) is 13.1 Å². The van der Waals surface area contributed by atoms with Crippen molar-refractivity contribution >= 4 is 28.5 Å². The maximum absolute atomic E-state index is 5.95. The van der Waals surface area contributed by atoms with Gasteiger partial charge in [-0.1, -0.05) is 54.8 Å². The summed E-state index contributed by atoms with van der Waals surface area (Å²) in [5, 5.41) is 2.07. The summed E-state index contributed by atoms with van der Waals surface area (Å²) >= 11 is 7.84. The zero-order chi connectivity index (χ0) is 14.5. The van der Waals surface area contributed by atoms with Crippen molar-refractivity contribution in [3.8, 4) is 0 Å². The van der Waals surface area contributed by atoms with Gasteiger partial charge in [0.2, 0.25) is 0 Å². The van der Waals surface area contributed by atoms with Crippen molar-refractivity contribution < 1.29 is 12.4 Å². The Morgan fingerprint density at radius 1 is 1.09 bits per heavy atom. The molecule has 22 heavy (non-hydrogen) atoms. The minimum atomic E-state index is 0. The highest BCUT2D eigenvalue weighted by atomic mass is 35.5. The fraction of sp³-hybridized carbons (Fsp3) is 0.588. The maximum Gasteiger partial charge on any atom is 0.159 e. The van der Waals surface area contributed by atoms with Crippen LogP contribution in [0.3, 0.4) is 0 Å². The van der Waals surface area contributed by atoms with Crippen LogP contribution in [-0.2, 0) is 5.75 Å². The number of aliphatic imine (C=N–C) groups is 1. The molecule has 3 rings (SSSR count). The molecule has 0 saturated heterocycles. The van der Waals surface area contributed by atoms with Gasteiger partial charge in [-0.3, -0.25) is 4.99 Å². The molecule has 0 amide bonds. The van der Waals surface area contributed by atoms with E-state index in [1.807, 2.05) is 23.9 Å². The van der Waals surface area contributed by atoms with Gasteiger partial charge in [-0.2, -0.15) is 0 Å². The van der Waals surface area contributed by atoms with Crippen LogP contribution in [0.15, 0.2) is 29.3 Å². The predicted molar refractivity (Wildman–Crippen MR) is 93.2 cm³/mol. The van der Waals surface area contributed by atoms with Gasteiger partial charge in [0, 0.05) is 29.9 Å². The molecule has 1 aliphatic heterocycles. The van der Waals surface area contributed by atoms with Gasteiger partial charge < -0.3 is 17.3 Å². The minimum Gasteiger partial charge on any atom is -1.00 e. The molecule has 122 valence electrons. The molecule has 0 N–H and O–H groups in total. The lowest BCUT2D eigenvalue weighted by atomic mass is 9.94. The highest BCUT2D eigenvalue weighted by Crippen LogP contribution is 2.28. The van der Waals surface area contributed by atoms with Crippen LogP contribution >= 0.6 is 23.4 Å². The Hall–Kier alpha value is -0.380. The summed E-state index contributed by atoms with van der Waals surface area (Å²) in [5.41, 5.74) is 1.32. The smallest absolute Gasteiger partial charge is 0.159 e. The standard InChI is InChI=1S/C17H23ClN2S.ClH/c18-15-9-7-14(8-10-15)13-21-17-19-11-4-12-20(17)16-5-2-1-3-6-16;/h7-10,16H,1-6,11-13H2;1H/p-1. The summed E-state index contributed by atoms with van der Waals surface area (Å²) in [6, 6.07) is 8.90. The van der Waals surface area contributed by atoms with E-state index in [1.165, 1.54) is 55.8 Å². The molecule has 5 heteroatoms. The van der Waals surface area contributed by atoms with Crippen LogP contribution in [-0.4, -0.2) is 29.2 Å². The molecule has 1 aliphatic carbocycles. The van der Waals surface area contributed by atoms with Gasteiger partial charge >= 0.3 is 0 Å². The highest BCUT2D eigenvalue weighted by molar-refractivity contribution is 8.13. The predicted octanol–water partition coefficient (Wildman–Crippen LogP) is 1.97. The summed E-state index contributed by atoms with van der Waals surface area (Å²) in [5.74, 6) is 0.985. The van der Waals surface area contributed by atoms with Crippen molar-refractivity contribution in [1.82, 2.24) is 4.90 Å². The second-order valence-electron chi connectivity index (χ2n) is 5.92. The molecule has 1 fully saturated rings. The number of benzene rings is 1. The molecule has 2 aliphatic rings. The maximum atomic E-state index is 5.95. The summed E-state index contributed by atoms with van der Waals surface area (Å²) < 4.78 is 0. The molecule has 0 spiro atoms. The van der Waals surface area contributed by atoms with Gasteiger partial charge in [-0.15, -0.1) is 0 Å². The summed E-state index contributed by atoms with van der Waals surface area (Å²) in [4.78, 5) is 7.38. The topological polar surface area (TPSA) is 15.6 Å². The first-order valence-corrected chi connectivity index (χ1v) is 9.37. The monoisotopic (exact) mass is 357 g/mol. The number of nitrogens with zero attached hydrogens (tertiary/aromatic N) is 2. The Morgan fingerprint density at radius 3 is 2.55 bits per heavy atom. The average Bonchev–Trinajstić information content (AvgIpc) is 2.55. The van der Waals surface area contributed by atoms with Crippen LogP contribution in [0.25, 0.3) is 0 Å². The van der Waals surface area contributed by atoms with Gasteiger partial charge in [-0.25, -0.2) is 0 Å². The van der Waals surface area contributed by atoms with Gasteiger partial charge in [0.15, 0.2) is 5.17 Å². The number of thioether (sulfide) groups is 1. The van der Waals surface area contributed by atoms with E-state index in [0.717, 1.165) is 23.4 Å². The van der Waals surface area contributed by atoms with E-state index in [0.29, 0.717) is 0 Å². The molecule has 2 nitrogen and oxygen atoms in total. The van der Waals surface area contributed by atoms with Crippen LogP contribution in [0, 0.1) is 0 Å². The molecule has 0 unspecified atom stereocenters. The molecule has 1 heterocycles. The lowest BCUT2D eigenvalue weighted by Gasteiger charge is -2.38. The Balaban J connectivity index is 0.00000176. The third kappa shape index (κ3) is 4.81.